The topological polar surface area (TPSA) is 45.2 Å². The molecule has 1 saturated heterocycles. The molecule has 7 heteroatoms. The van der Waals surface area contributed by atoms with Crippen molar-refractivity contribution in [3.05, 3.63) is 59.1 Å². The van der Waals surface area contributed by atoms with Gasteiger partial charge in [-0.15, -0.1) is 11.3 Å². The summed E-state index contributed by atoms with van der Waals surface area (Å²) < 4.78 is 28.5. The molecule has 1 aliphatic rings. The largest absolute Gasteiger partial charge is 0.320 e. The number of aromatic nitrogens is 1. The highest BCUT2D eigenvalue weighted by atomic mass is 32.1. The molecule has 1 N–H and O–H groups in total. The van der Waals surface area contributed by atoms with Crippen LogP contribution in [0.15, 0.2) is 42.5 Å². The number of nitrogens with zero attached hydrogens (tertiary/aromatic N) is 2. The highest BCUT2D eigenvalue weighted by Gasteiger charge is 2.30. The quantitative estimate of drug-likeness (QED) is 0.740. The summed E-state index contributed by atoms with van der Waals surface area (Å²) in [4.78, 5) is 19.0. The van der Waals surface area contributed by atoms with E-state index < -0.39 is 23.2 Å². The van der Waals surface area contributed by atoms with E-state index in [1.54, 1.807) is 11.3 Å². The number of para-hydroxylation sites is 2. The van der Waals surface area contributed by atoms with Gasteiger partial charge in [0, 0.05) is 0 Å². The minimum absolute atomic E-state index is 0.0589. The maximum absolute atomic E-state index is 13.7. The van der Waals surface area contributed by atoms with Gasteiger partial charge in [-0.2, -0.15) is 0 Å². The van der Waals surface area contributed by atoms with E-state index in [1.807, 2.05) is 29.2 Å². The molecule has 26 heavy (non-hydrogen) atoms. The lowest BCUT2D eigenvalue weighted by Gasteiger charge is -2.22. The average Bonchev–Trinajstić information content (AvgIpc) is 3.24. The Kier molecular flexibility index (Phi) is 4.65. The molecule has 2 heterocycles. The molecule has 0 spiro atoms. The summed E-state index contributed by atoms with van der Waals surface area (Å²) in [6.45, 7) is 0.835. The van der Waals surface area contributed by atoms with Crippen LogP contribution in [0.5, 0.6) is 0 Å². The van der Waals surface area contributed by atoms with Crippen molar-refractivity contribution in [3.8, 4) is 0 Å². The fourth-order valence-corrected chi connectivity index (χ4v) is 4.45. The number of benzene rings is 2. The Balaban J connectivity index is 1.49. The Morgan fingerprint density at radius 1 is 1.19 bits per heavy atom. The molecular weight excluding hydrogens is 356 g/mol. The van der Waals surface area contributed by atoms with Gasteiger partial charge in [-0.1, -0.05) is 18.2 Å². The maximum atomic E-state index is 13.7. The number of likely N-dealkylation sites (tertiary alicyclic amines) is 1. The second-order valence-corrected chi connectivity index (χ2v) is 7.36. The van der Waals surface area contributed by atoms with Crippen LogP contribution >= 0.6 is 11.3 Å². The lowest BCUT2D eigenvalue weighted by atomic mass is 10.2. The number of nitrogens with one attached hydrogen (secondary N) is 1. The second kappa shape index (κ2) is 7.09. The smallest absolute Gasteiger partial charge is 0.238 e. The highest BCUT2D eigenvalue weighted by Crippen LogP contribution is 2.36. The molecule has 1 aliphatic heterocycles. The summed E-state index contributed by atoms with van der Waals surface area (Å²) >= 11 is 1.63. The summed E-state index contributed by atoms with van der Waals surface area (Å²) in [5.41, 5.74) is 0.561. The van der Waals surface area contributed by atoms with Crippen molar-refractivity contribution in [1.29, 1.82) is 0 Å². The molecule has 0 saturated carbocycles. The van der Waals surface area contributed by atoms with Crippen molar-refractivity contribution in [1.82, 2.24) is 9.88 Å². The van der Waals surface area contributed by atoms with Crippen molar-refractivity contribution < 1.29 is 13.6 Å². The van der Waals surface area contributed by atoms with Crippen LogP contribution in [0.4, 0.5) is 14.5 Å². The van der Waals surface area contributed by atoms with Gasteiger partial charge in [0.25, 0.3) is 0 Å². The first kappa shape index (κ1) is 17.1. The number of anilines is 1. The first-order chi connectivity index (χ1) is 12.6. The molecule has 2 aromatic carbocycles. The standard InChI is InChI=1S/C19H17F2N3OS/c20-12-5-3-6-13(21)18(12)23-17(25)11-24-10-4-8-15(24)19-22-14-7-1-2-9-16(14)26-19/h1-3,5-7,9,15H,4,8,10-11H2,(H,23,25). The minimum Gasteiger partial charge on any atom is -0.320 e. The molecule has 3 aromatic rings. The van der Waals surface area contributed by atoms with E-state index in [1.165, 1.54) is 6.07 Å². The molecule has 4 rings (SSSR count). The maximum Gasteiger partial charge on any atom is 0.238 e. The van der Waals surface area contributed by atoms with Crippen molar-refractivity contribution in [2.75, 3.05) is 18.4 Å². The van der Waals surface area contributed by atoms with Gasteiger partial charge in [0.15, 0.2) is 0 Å². The van der Waals surface area contributed by atoms with Gasteiger partial charge in [-0.05, 0) is 43.7 Å². The average molecular weight is 373 g/mol. The van der Waals surface area contributed by atoms with Crippen LogP contribution in [-0.4, -0.2) is 28.9 Å². The van der Waals surface area contributed by atoms with E-state index in [4.69, 9.17) is 0 Å². The third-order valence-corrected chi connectivity index (χ3v) is 5.67. The van der Waals surface area contributed by atoms with Gasteiger partial charge in [0.2, 0.25) is 5.91 Å². The summed E-state index contributed by atoms with van der Waals surface area (Å²) in [5.74, 6) is -1.98. The van der Waals surface area contributed by atoms with Crippen molar-refractivity contribution in [2.45, 2.75) is 18.9 Å². The first-order valence-corrected chi connectivity index (χ1v) is 9.27. The van der Waals surface area contributed by atoms with E-state index in [-0.39, 0.29) is 12.6 Å². The number of thiazole rings is 1. The van der Waals surface area contributed by atoms with Crippen LogP contribution in [0.25, 0.3) is 10.2 Å². The molecule has 0 radical (unpaired) electrons. The van der Waals surface area contributed by atoms with E-state index in [9.17, 15) is 13.6 Å². The predicted octanol–water partition coefficient (Wildman–Crippen LogP) is 4.35. The summed E-state index contributed by atoms with van der Waals surface area (Å²) in [6, 6.07) is 11.5. The molecule has 0 aliphatic carbocycles. The van der Waals surface area contributed by atoms with Gasteiger partial charge in [0.1, 0.15) is 22.3 Å². The number of hydrogen-bond acceptors (Lipinski definition) is 4. The van der Waals surface area contributed by atoms with Gasteiger partial charge in [-0.3, -0.25) is 9.69 Å². The van der Waals surface area contributed by atoms with Crippen LogP contribution < -0.4 is 5.32 Å². The molecule has 0 bridgehead atoms. The number of fused-ring (bicyclic) bond motifs is 1. The minimum atomic E-state index is -0.775. The number of rotatable bonds is 4. The lowest BCUT2D eigenvalue weighted by Crippen LogP contribution is -2.33. The second-order valence-electron chi connectivity index (χ2n) is 6.29. The Bertz CT molecular complexity index is 906. The molecule has 1 unspecified atom stereocenters. The molecule has 1 amide bonds. The lowest BCUT2D eigenvalue weighted by molar-refractivity contribution is -0.117. The Hall–Kier alpha value is -2.38. The van der Waals surface area contributed by atoms with Crippen LogP contribution in [0, 0.1) is 11.6 Å². The zero-order valence-electron chi connectivity index (χ0n) is 13.9. The Morgan fingerprint density at radius 3 is 2.73 bits per heavy atom. The Labute approximate surface area is 153 Å². The zero-order valence-corrected chi connectivity index (χ0v) is 14.7. The van der Waals surface area contributed by atoms with Crippen molar-refractivity contribution in [2.24, 2.45) is 0 Å². The van der Waals surface area contributed by atoms with Crippen molar-refractivity contribution >= 4 is 33.1 Å². The number of amides is 1. The van der Waals surface area contributed by atoms with Crippen LogP contribution in [0.2, 0.25) is 0 Å². The van der Waals surface area contributed by atoms with Gasteiger partial charge >= 0.3 is 0 Å². The summed E-state index contributed by atoms with van der Waals surface area (Å²) in [6.07, 6.45) is 1.88. The first-order valence-electron chi connectivity index (χ1n) is 8.45. The van der Waals surface area contributed by atoms with Crippen LogP contribution in [0.1, 0.15) is 23.9 Å². The summed E-state index contributed by atoms with van der Waals surface area (Å²) in [5, 5.41) is 3.34. The normalized spacial score (nSPS) is 17.7. The Morgan fingerprint density at radius 2 is 1.96 bits per heavy atom. The fraction of sp³-hybridized carbons (Fsp3) is 0.263. The molecule has 134 valence electrons. The number of carbonyl (C=O) groups is 1. The molecule has 1 fully saturated rings. The van der Waals surface area contributed by atoms with Gasteiger partial charge < -0.3 is 5.32 Å². The number of carbonyl (C=O) groups excluding carboxylic acids is 1. The molecule has 4 nitrogen and oxygen atoms in total. The summed E-state index contributed by atoms with van der Waals surface area (Å²) in [7, 11) is 0. The van der Waals surface area contributed by atoms with Gasteiger partial charge in [0.05, 0.1) is 22.8 Å². The molecular formula is C19H17F2N3OS. The monoisotopic (exact) mass is 373 g/mol. The van der Waals surface area contributed by atoms with E-state index >= 15 is 0 Å². The number of hydrogen-bond donors (Lipinski definition) is 1. The highest BCUT2D eigenvalue weighted by molar-refractivity contribution is 7.18. The SMILES string of the molecule is O=C(CN1CCCC1c1nc2ccccc2s1)Nc1c(F)cccc1F. The van der Waals surface area contributed by atoms with E-state index in [0.717, 1.165) is 46.7 Å². The molecule has 1 atom stereocenters. The van der Waals surface area contributed by atoms with E-state index in [2.05, 4.69) is 10.3 Å². The fourth-order valence-electron chi connectivity index (χ4n) is 3.31. The van der Waals surface area contributed by atoms with E-state index in [0.29, 0.717) is 0 Å². The van der Waals surface area contributed by atoms with Crippen molar-refractivity contribution in [3.63, 3.8) is 0 Å². The third kappa shape index (κ3) is 3.32. The third-order valence-electron chi connectivity index (χ3n) is 4.53. The zero-order chi connectivity index (χ0) is 18.1. The predicted molar refractivity (Wildman–Crippen MR) is 98.2 cm³/mol. The van der Waals surface area contributed by atoms with Crippen LogP contribution in [-0.2, 0) is 4.79 Å². The van der Waals surface area contributed by atoms with Crippen LogP contribution in [0.3, 0.4) is 0 Å². The van der Waals surface area contributed by atoms with Gasteiger partial charge in [-0.25, -0.2) is 13.8 Å². The number of halogens is 2. The molecule has 1 aromatic heterocycles.